The van der Waals surface area contributed by atoms with Gasteiger partial charge >= 0.3 is 6.09 Å². The van der Waals surface area contributed by atoms with Crippen LogP contribution in [0.4, 0.5) is 4.79 Å². The average molecular weight is 335 g/mol. The Morgan fingerprint density at radius 1 is 1.29 bits per heavy atom. The zero-order valence-electron chi connectivity index (χ0n) is 12.3. The topological polar surface area (TPSA) is 70.6 Å². The first-order valence-corrected chi connectivity index (χ1v) is 7.29. The van der Waals surface area contributed by atoms with E-state index in [0.717, 1.165) is 0 Å². The first-order chi connectivity index (χ1) is 9.69. The minimum Gasteiger partial charge on any atom is -0.506 e. The Hall–Kier alpha value is -1.17. The van der Waals surface area contributed by atoms with Gasteiger partial charge < -0.3 is 20.5 Å². The van der Waals surface area contributed by atoms with Crippen molar-refractivity contribution in [2.75, 3.05) is 13.1 Å². The Labute approximate surface area is 134 Å². The van der Waals surface area contributed by atoms with Crippen molar-refractivity contribution in [2.24, 2.45) is 0 Å². The van der Waals surface area contributed by atoms with Crippen LogP contribution in [0.25, 0.3) is 0 Å². The molecular formula is C14H20Cl2N2O3. The lowest BCUT2D eigenvalue weighted by Crippen LogP contribution is -2.36. The molecule has 0 aliphatic carbocycles. The second-order valence-electron chi connectivity index (χ2n) is 5.50. The number of carbonyl (C=O) groups excluding carboxylic acids is 1. The molecule has 0 saturated heterocycles. The molecule has 0 saturated carbocycles. The predicted octanol–water partition coefficient (Wildman–Crippen LogP) is 3.31. The molecule has 5 nitrogen and oxygen atoms in total. The summed E-state index contributed by atoms with van der Waals surface area (Å²) in [5, 5.41) is 16.1. The van der Waals surface area contributed by atoms with Crippen LogP contribution >= 0.6 is 23.2 Å². The molecule has 0 radical (unpaired) electrons. The Bertz CT molecular complexity index is 502. The molecule has 3 N–H and O–H groups in total. The lowest BCUT2D eigenvalue weighted by atomic mass is 10.2. The molecule has 1 amide bonds. The second-order valence-corrected chi connectivity index (χ2v) is 6.34. The number of halogens is 2. The zero-order chi connectivity index (χ0) is 16.0. The summed E-state index contributed by atoms with van der Waals surface area (Å²) >= 11 is 11.7. The van der Waals surface area contributed by atoms with Gasteiger partial charge in [-0.3, -0.25) is 0 Å². The summed E-state index contributed by atoms with van der Waals surface area (Å²) in [6.45, 7) is 6.72. The fourth-order valence-electron chi connectivity index (χ4n) is 1.54. The van der Waals surface area contributed by atoms with Crippen molar-refractivity contribution in [3.8, 4) is 5.75 Å². The van der Waals surface area contributed by atoms with E-state index in [-0.39, 0.29) is 10.8 Å². The summed E-state index contributed by atoms with van der Waals surface area (Å²) in [5.41, 5.74) is 0.0886. The van der Waals surface area contributed by atoms with Crippen molar-refractivity contribution < 1.29 is 14.6 Å². The average Bonchev–Trinajstić information content (AvgIpc) is 2.32. The van der Waals surface area contributed by atoms with E-state index in [1.807, 2.05) is 0 Å². The number of amides is 1. The van der Waals surface area contributed by atoms with Crippen molar-refractivity contribution in [3.63, 3.8) is 0 Å². The number of ether oxygens (including phenoxy) is 1. The Morgan fingerprint density at radius 3 is 2.57 bits per heavy atom. The summed E-state index contributed by atoms with van der Waals surface area (Å²) in [6.07, 6.45) is -0.460. The third kappa shape index (κ3) is 6.89. The number of rotatable bonds is 5. The number of hydrogen-bond donors (Lipinski definition) is 3. The third-order valence-electron chi connectivity index (χ3n) is 2.39. The molecule has 0 heterocycles. The van der Waals surface area contributed by atoms with Crippen LogP contribution in [0, 0.1) is 0 Å². The van der Waals surface area contributed by atoms with Crippen LogP contribution in [0.2, 0.25) is 10.0 Å². The van der Waals surface area contributed by atoms with E-state index < -0.39 is 11.7 Å². The zero-order valence-corrected chi connectivity index (χ0v) is 13.8. The summed E-state index contributed by atoms with van der Waals surface area (Å²) in [5.74, 6) is 0.00803. The number of nitrogens with one attached hydrogen (secondary N) is 2. The lowest BCUT2D eigenvalue weighted by Gasteiger charge is -2.19. The minimum atomic E-state index is -0.513. The lowest BCUT2D eigenvalue weighted by molar-refractivity contribution is 0.0528. The summed E-state index contributed by atoms with van der Waals surface area (Å²) < 4.78 is 5.10. The highest BCUT2D eigenvalue weighted by Gasteiger charge is 2.15. The molecule has 0 bridgehead atoms. The van der Waals surface area contributed by atoms with Crippen LogP contribution in [0.1, 0.15) is 26.3 Å². The van der Waals surface area contributed by atoms with Gasteiger partial charge in [-0.15, -0.1) is 0 Å². The molecule has 0 aromatic heterocycles. The quantitative estimate of drug-likeness (QED) is 0.722. The maximum Gasteiger partial charge on any atom is 0.407 e. The van der Waals surface area contributed by atoms with Gasteiger partial charge in [-0.2, -0.15) is 0 Å². The number of phenols is 1. The monoisotopic (exact) mass is 334 g/mol. The van der Waals surface area contributed by atoms with E-state index in [2.05, 4.69) is 10.6 Å². The van der Waals surface area contributed by atoms with Gasteiger partial charge in [-0.05, 0) is 32.9 Å². The Balaban J connectivity index is 2.31. The molecule has 0 atom stereocenters. The van der Waals surface area contributed by atoms with E-state index in [1.165, 1.54) is 6.07 Å². The maximum atomic E-state index is 11.4. The molecule has 0 aliphatic rings. The van der Waals surface area contributed by atoms with E-state index >= 15 is 0 Å². The highest BCUT2D eigenvalue weighted by molar-refractivity contribution is 6.35. The molecule has 0 spiro atoms. The Kier molecular flexibility index (Phi) is 6.58. The van der Waals surface area contributed by atoms with Crippen molar-refractivity contribution in [1.82, 2.24) is 10.6 Å². The maximum absolute atomic E-state index is 11.4. The van der Waals surface area contributed by atoms with Gasteiger partial charge in [-0.25, -0.2) is 4.79 Å². The van der Waals surface area contributed by atoms with Crippen LogP contribution in [0.15, 0.2) is 12.1 Å². The van der Waals surface area contributed by atoms with Crippen LogP contribution in [0.5, 0.6) is 5.75 Å². The predicted molar refractivity (Wildman–Crippen MR) is 84.1 cm³/mol. The summed E-state index contributed by atoms with van der Waals surface area (Å²) in [6, 6.07) is 3.11. The summed E-state index contributed by atoms with van der Waals surface area (Å²) in [4.78, 5) is 11.4. The molecule has 0 aliphatic heterocycles. The van der Waals surface area contributed by atoms with Crippen LogP contribution in [0.3, 0.4) is 0 Å². The van der Waals surface area contributed by atoms with Gasteiger partial charge in [0, 0.05) is 30.2 Å². The molecule has 21 heavy (non-hydrogen) atoms. The van der Waals surface area contributed by atoms with E-state index in [1.54, 1.807) is 26.8 Å². The van der Waals surface area contributed by atoms with Gasteiger partial charge in [0.1, 0.15) is 11.4 Å². The standard InChI is InChI=1S/C14H20Cl2N2O3/c1-14(2,3)21-13(20)18-5-4-17-8-9-6-10(15)7-11(16)12(9)19/h6-7,17,19H,4-5,8H2,1-3H3,(H,18,20). The van der Waals surface area contributed by atoms with Crippen LogP contribution < -0.4 is 10.6 Å². The molecular weight excluding hydrogens is 315 g/mol. The molecule has 0 unspecified atom stereocenters. The number of phenolic OH excluding ortho intramolecular Hbond substituents is 1. The first kappa shape index (κ1) is 17.9. The number of benzene rings is 1. The number of aromatic hydroxyl groups is 1. The minimum absolute atomic E-state index is 0.00803. The van der Waals surface area contributed by atoms with E-state index in [9.17, 15) is 9.90 Å². The molecule has 7 heteroatoms. The van der Waals surface area contributed by atoms with Gasteiger partial charge in [0.05, 0.1) is 5.02 Å². The van der Waals surface area contributed by atoms with E-state index in [4.69, 9.17) is 27.9 Å². The SMILES string of the molecule is CC(C)(C)OC(=O)NCCNCc1cc(Cl)cc(Cl)c1O. The largest absolute Gasteiger partial charge is 0.506 e. The number of hydrogen-bond acceptors (Lipinski definition) is 4. The van der Waals surface area contributed by atoms with Gasteiger partial charge in [0.2, 0.25) is 0 Å². The molecule has 1 aromatic carbocycles. The Morgan fingerprint density at radius 2 is 1.95 bits per heavy atom. The fraction of sp³-hybridized carbons (Fsp3) is 0.500. The fourth-order valence-corrected chi connectivity index (χ4v) is 2.08. The van der Waals surface area contributed by atoms with Gasteiger partial charge in [0.15, 0.2) is 0 Å². The normalized spacial score (nSPS) is 11.3. The highest BCUT2D eigenvalue weighted by atomic mass is 35.5. The van der Waals surface area contributed by atoms with Crippen molar-refractivity contribution >= 4 is 29.3 Å². The van der Waals surface area contributed by atoms with Gasteiger partial charge in [-0.1, -0.05) is 23.2 Å². The molecule has 0 fully saturated rings. The van der Waals surface area contributed by atoms with Gasteiger partial charge in [0.25, 0.3) is 0 Å². The van der Waals surface area contributed by atoms with Crippen molar-refractivity contribution in [2.45, 2.75) is 32.9 Å². The molecule has 118 valence electrons. The molecule has 1 rings (SSSR count). The highest BCUT2D eigenvalue weighted by Crippen LogP contribution is 2.30. The summed E-state index contributed by atoms with van der Waals surface area (Å²) in [7, 11) is 0. The first-order valence-electron chi connectivity index (χ1n) is 6.53. The third-order valence-corrected chi connectivity index (χ3v) is 2.90. The number of carbonyl (C=O) groups is 1. The molecule has 1 aromatic rings. The van der Waals surface area contributed by atoms with Crippen molar-refractivity contribution in [1.29, 1.82) is 0 Å². The van der Waals surface area contributed by atoms with Crippen LogP contribution in [-0.4, -0.2) is 29.9 Å². The second kappa shape index (κ2) is 7.73. The van der Waals surface area contributed by atoms with Crippen LogP contribution in [-0.2, 0) is 11.3 Å². The van der Waals surface area contributed by atoms with Crippen molar-refractivity contribution in [3.05, 3.63) is 27.7 Å². The van der Waals surface area contributed by atoms with E-state index in [0.29, 0.717) is 30.2 Å². The number of alkyl carbamates (subject to hydrolysis) is 1. The smallest absolute Gasteiger partial charge is 0.407 e.